The molecule has 0 bridgehead atoms. The van der Waals surface area contributed by atoms with Crippen LogP contribution in [-0.2, 0) is 14.3 Å². The molecule has 0 aliphatic rings. The van der Waals surface area contributed by atoms with Crippen molar-refractivity contribution in [1.29, 1.82) is 0 Å². The van der Waals surface area contributed by atoms with Crippen LogP contribution >= 0.6 is 0 Å². The second-order valence-electron chi connectivity index (χ2n) is 7.71. The molecule has 0 aliphatic carbocycles. The van der Waals surface area contributed by atoms with Crippen molar-refractivity contribution in [3.8, 4) is 0 Å². The monoisotopic (exact) mass is 421 g/mol. The molecular weight excluding hydrogens is 398 g/mol. The minimum Gasteiger partial charge on any atom is -0.452 e. The van der Waals surface area contributed by atoms with E-state index in [4.69, 9.17) is 9.47 Å². The summed E-state index contributed by atoms with van der Waals surface area (Å²) in [4.78, 5) is 40.7. The topological polar surface area (TPSA) is 107 Å². The lowest BCUT2D eigenvalue weighted by Crippen LogP contribution is -2.27. The summed E-state index contributed by atoms with van der Waals surface area (Å²) in [7, 11) is 0. The summed E-state index contributed by atoms with van der Waals surface area (Å²) >= 11 is 0. The Bertz CT molecular complexity index is 1120. The molecule has 31 heavy (non-hydrogen) atoms. The number of nitrogens with zero attached hydrogens (tertiary/aromatic N) is 1. The third kappa shape index (κ3) is 6.27. The Hall–Kier alpha value is -3.94. The van der Waals surface area contributed by atoms with Gasteiger partial charge in [-0.05, 0) is 63.2 Å². The summed E-state index contributed by atoms with van der Waals surface area (Å²) in [5, 5.41) is 6.06. The first-order valence-electron chi connectivity index (χ1n) is 9.62. The number of amides is 2. The van der Waals surface area contributed by atoms with Crippen molar-refractivity contribution < 1.29 is 23.9 Å². The largest absolute Gasteiger partial charge is 0.452 e. The van der Waals surface area contributed by atoms with Gasteiger partial charge < -0.3 is 14.8 Å². The molecule has 8 nitrogen and oxygen atoms in total. The summed E-state index contributed by atoms with van der Waals surface area (Å²) in [6.45, 7) is 4.79. The maximum Gasteiger partial charge on any atom is 0.412 e. The number of carbonyl (C=O) groups is 3. The van der Waals surface area contributed by atoms with Crippen LogP contribution in [0, 0.1) is 0 Å². The van der Waals surface area contributed by atoms with Crippen molar-refractivity contribution in [2.75, 3.05) is 17.2 Å². The minimum absolute atomic E-state index is 0.190. The van der Waals surface area contributed by atoms with Gasteiger partial charge in [0.1, 0.15) is 5.60 Å². The molecule has 0 spiro atoms. The number of anilines is 2. The van der Waals surface area contributed by atoms with E-state index in [1.807, 2.05) is 12.1 Å². The lowest BCUT2D eigenvalue weighted by Gasteiger charge is -2.19. The van der Waals surface area contributed by atoms with Crippen molar-refractivity contribution in [3.05, 3.63) is 66.4 Å². The van der Waals surface area contributed by atoms with Crippen molar-refractivity contribution in [3.63, 3.8) is 0 Å². The van der Waals surface area contributed by atoms with Gasteiger partial charge in [0.2, 0.25) is 0 Å². The number of pyridine rings is 1. The third-order valence-corrected chi connectivity index (χ3v) is 4.00. The van der Waals surface area contributed by atoms with Gasteiger partial charge >= 0.3 is 12.1 Å². The average Bonchev–Trinajstić information content (AvgIpc) is 2.71. The van der Waals surface area contributed by atoms with E-state index >= 15 is 0 Å². The maximum absolute atomic E-state index is 12.3. The zero-order valence-electron chi connectivity index (χ0n) is 17.5. The lowest BCUT2D eigenvalue weighted by molar-refractivity contribution is -0.119. The number of esters is 1. The predicted molar refractivity (Wildman–Crippen MR) is 117 cm³/mol. The van der Waals surface area contributed by atoms with Gasteiger partial charge in [-0.3, -0.25) is 15.1 Å². The normalized spacial score (nSPS) is 10.9. The zero-order valence-corrected chi connectivity index (χ0v) is 17.5. The number of benzene rings is 2. The van der Waals surface area contributed by atoms with E-state index in [0.29, 0.717) is 11.4 Å². The van der Waals surface area contributed by atoms with Gasteiger partial charge in [-0.2, -0.15) is 0 Å². The van der Waals surface area contributed by atoms with Crippen LogP contribution in [-0.4, -0.2) is 35.2 Å². The fraction of sp³-hybridized carbons (Fsp3) is 0.217. The van der Waals surface area contributed by atoms with E-state index in [-0.39, 0.29) is 5.56 Å². The van der Waals surface area contributed by atoms with Gasteiger partial charge in [-0.15, -0.1) is 0 Å². The Kier molecular flexibility index (Phi) is 6.49. The predicted octanol–water partition coefficient (Wildman–Crippen LogP) is 4.38. The Labute approximate surface area is 179 Å². The van der Waals surface area contributed by atoms with E-state index < -0.39 is 30.2 Å². The highest BCUT2D eigenvalue weighted by Crippen LogP contribution is 2.21. The van der Waals surface area contributed by atoms with Crippen molar-refractivity contribution in [2.24, 2.45) is 0 Å². The molecule has 2 aromatic carbocycles. The van der Waals surface area contributed by atoms with E-state index in [0.717, 1.165) is 10.9 Å². The van der Waals surface area contributed by atoms with Crippen molar-refractivity contribution >= 4 is 40.2 Å². The molecule has 3 rings (SSSR count). The van der Waals surface area contributed by atoms with E-state index in [1.54, 1.807) is 57.3 Å². The fourth-order valence-corrected chi connectivity index (χ4v) is 2.76. The standard InChI is InChI=1S/C23H23N3O5/c1-23(2,3)31-22(29)25-16-8-4-7-15(13-16)21(28)30-14-20(27)26-19-11-5-10-18-17(19)9-6-12-24-18/h4-13H,14H2,1-3H3,(H,25,29)(H,26,27). The summed E-state index contributed by atoms with van der Waals surface area (Å²) in [6.07, 6.45) is 1.03. The Balaban J connectivity index is 1.58. The van der Waals surface area contributed by atoms with Crippen LogP contribution in [0.2, 0.25) is 0 Å². The highest BCUT2D eigenvalue weighted by molar-refractivity contribution is 6.02. The number of hydrogen-bond acceptors (Lipinski definition) is 6. The fourth-order valence-electron chi connectivity index (χ4n) is 2.76. The number of nitrogens with one attached hydrogen (secondary N) is 2. The molecule has 2 amide bonds. The van der Waals surface area contributed by atoms with Crippen LogP contribution in [0.4, 0.5) is 16.2 Å². The summed E-state index contributed by atoms with van der Waals surface area (Å²) < 4.78 is 10.3. The van der Waals surface area contributed by atoms with Crippen LogP contribution in [0.1, 0.15) is 31.1 Å². The molecule has 1 heterocycles. The number of rotatable bonds is 5. The SMILES string of the molecule is CC(C)(C)OC(=O)Nc1cccc(C(=O)OCC(=O)Nc2cccc3ncccc23)c1. The first kappa shape index (κ1) is 21.8. The lowest BCUT2D eigenvalue weighted by atomic mass is 10.2. The Morgan fingerprint density at radius 1 is 0.968 bits per heavy atom. The van der Waals surface area contributed by atoms with Crippen LogP contribution in [0.25, 0.3) is 10.9 Å². The molecule has 2 N–H and O–H groups in total. The molecule has 160 valence electrons. The van der Waals surface area contributed by atoms with Gasteiger partial charge in [0.25, 0.3) is 5.91 Å². The molecule has 0 unspecified atom stereocenters. The highest BCUT2D eigenvalue weighted by atomic mass is 16.6. The van der Waals surface area contributed by atoms with Gasteiger partial charge in [-0.25, -0.2) is 9.59 Å². The van der Waals surface area contributed by atoms with E-state index in [9.17, 15) is 14.4 Å². The number of hydrogen-bond donors (Lipinski definition) is 2. The Morgan fingerprint density at radius 2 is 1.74 bits per heavy atom. The molecule has 8 heteroatoms. The van der Waals surface area contributed by atoms with Crippen LogP contribution in [0.3, 0.4) is 0 Å². The maximum atomic E-state index is 12.3. The van der Waals surface area contributed by atoms with Crippen LogP contribution < -0.4 is 10.6 Å². The van der Waals surface area contributed by atoms with Gasteiger partial charge in [0.15, 0.2) is 6.61 Å². The second-order valence-corrected chi connectivity index (χ2v) is 7.71. The second kappa shape index (κ2) is 9.25. The zero-order chi connectivity index (χ0) is 22.4. The molecule has 0 aliphatic heterocycles. The summed E-state index contributed by atoms with van der Waals surface area (Å²) in [5.74, 6) is -1.17. The summed E-state index contributed by atoms with van der Waals surface area (Å²) in [6, 6.07) is 15.1. The molecular formula is C23H23N3O5. The van der Waals surface area contributed by atoms with Gasteiger partial charge in [0.05, 0.1) is 16.8 Å². The summed E-state index contributed by atoms with van der Waals surface area (Å²) in [5.41, 5.74) is 1.24. The van der Waals surface area contributed by atoms with E-state index in [1.165, 1.54) is 12.1 Å². The molecule has 1 aromatic heterocycles. The van der Waals surface area contributed by atoms with Gasteiger partial charge in [-0.1, -0.05) is 12.1 Å². The molecule has 3 aromatic rings. The first-order valence-corrected chi connectivity index (χ1v) is 9.62. The minimum atomic E-state index is -0.692. The molecule has 0 saturated heterocycles. The molecule has 0 saturated carbocycles. The van der Waals surface area contributed by atoms with Crippen LogP contribution in [0.5, 0.6) is 0 Å². The number of ether oxygens (including phenoxy) is 2. The Morgan fingerprint density at radius 3 is 2.52 bits per heavy atom. The third-order valence-electron chi connectivity index (χ3n) is 4.00. The highest BCUT2D eigenvalue weighted by Gasteiger charge is 2.17. The number of carbonyl (C=O) groups excluding carboxylic acids is 3. The van der Waals surface area contributed by atoms with Crippen molar-refractivity contribution in [2.45, 2.75) is 26.4 Å². The van der Waals surface area contributed by atoms with E-state index in [2.05, 4.69) is 15.6 Å². The molecule has 0 fully saturated rings. The van der Waals surface area contributed by atoms with Crippen LogP contribution in [0.15, 0.2) is 60.8 Å². The smallest absolute Gasteiger partial charge is 0.412 e. The number of fused-ring (bicyclic) bond motifs is 1. The molecule has 0 atom stereocenters. The average molecular weight is 421 g/mol. The van der Waals surface area contributed by atoms with Crippen molar-refractivity contribution in [1.82, 2.24) is 4.98 Å². The molecule has 0 radical (unpaired) electrons. The quantitative estimate of drug-likeness (QED) is 0.592. The first-order chi connectivity index (χ1) is 14.7. The number of aromatic nitrogens is 1. The van der Waals surface area contributed by atoms with Gasteiger partial charge in [0, 0.05) is 17.3 Å².